The zero-order valence-corrected chi connectivity index (χ0v) is 8.50. The Kier molecular flexibility index (Phi) is 3.64. The zero-order valence-electron chi connectivity index (χ0n) is 8.50. The van der Waals surface area contributed by atoms with E-state index in [0.29, 0.717) is 13.1 Å². The zero-order chi connectivity index (χ0) is 10.6. The van der Waals surface area contributed by atoms with E-state index in [4.69, 9.17) is 5.73 Å². The molecule has 0 radical (unpaired) electrons. The summed E-state index contributed by atoms with van der Waals surface area (Å²) >= 11 is 0. The summed E-state index contributed by atoms with van der Waals surface area (Å²) in [6, 6.07) is 0. The van der Waals surface area contributed by atoms with E-state index in [-0.39, 0.29) is 11.6 Å². The predicted molar refractivity (Wildman–Crippen MR) is 56.5 cm³/mol. The molecule has 1 rings (SSSR count). The number of H-pyrrole nitrogens is 1. The Hall–Kier alpha value is -1.36. The highest BCUT2D eigenvalue weighted by molar-refractivity contribution is 5.46. The molecule has 0 saturated heterocycles. The number of nitrogens with zero attached hydrogens (tertiary/aromatic N) is 1. The van der Waals surface area contributed by atoms with Gasteiger partial charge in [-0.1, -0.05) is 13.8 Å². The second kappa shape index (κ2) is 4.76. The number of aromatic amines is 1. The summed E-state index contributed by atoms with van der Waals surface area (Å²) in [4.78, 5) is 17.4. The molecule has 0 aliphatic rings. The maximum absolute atomic E-state index is 11.0. The van der Waals surface area contributed by atoms with E-state index in [1.807, 2.05) is 13.8 Å². The Morgan fingerprint density at radius 2 is 2.36 bits per heavy atom. The Bertz CT molecular complexity index is 345. The molecule has 0 aliphatic heterocycles. The fourth-order valence-corrected chi connectivity index (χ4v) is 1.21. The molecular weight excluding hydrogens is 180 g/mol. The molecule has 14 heavy (non-hydrogen) atoms. The van der Waals surface area contributed by atoms with Crippen LogP contribution in [0.25, 0.3) is 0 Å². The highest BCUT2D eigenvalue weighted by Gasteiger charge is 2.07. The predicted octanol–water partition coefficient (Wildman–Crippen LogP) is 0.264. The number of hydrogen-bond donors (Lipinski definition) is 3. The first kappa shape index (κ1) is 10.7. The molecule has 0 aliphatic carbocycles. The van der Waals surface area contributed by atoms with Gasteiger partial charge < -0.3 is 16.0 Å². The van der Waals surface area contributed by atoms with Crippen LogP contribution in [-0.2, 0) is 0 Å². The third kappa shape index (κ3) is 2.56. The molecule has 0 unspecified atom stereocenters. The van der Waals surface area contributed by atoms with Crippen LogP contribution < -0.4 is 16.7 Å². The first-order valence-electron chi connectivity index (χ1n) is 4.68. The Morgan fingerprint density at radius 1 is 1.64 bits per heavy atom. The second-order valence-electron chi connectivity index (χ2n) is 3.39. The second-order valence-corrected chi connectivity index (χ2v) is 3.39. The van der Waals surface area contributed by atoms with Crippen molar-refractivity contribution >= 4 is 5.69 Å². The molecule has 0 fully saturated rings. The van der Waals surface area contributed by atoms with Crippen LogP contribution in [0.4, 0.5) is 5.69 Å². The lowest BCUT2D eigenvalue weighted by Crippen LogP contribution is -2.19. The van der Waals surface area contributed by atoms with Crippen molar-refractivity contribution in [3.8, 4) is 0 Å². The molecule has 0 atom stereocenters. The molecule has 1 aromatic rings. The third-order valence-electron chi connectivity index (χ3n) is 1.88. The number of nitrogens with one attached hydrogen (secondary N) is 2. The van der Waals surface area contributed by atoms with Gasteiger partial charge in [-0.3, -0.25) is 0 Å². The number of anilines is 1. The highest BCUT2D eigenvalue weighted by Crippen LogP contribution is 2.18. The lowest BCUT2D eigenvalue weighted by Gasteiger charge is -2.12. The summed E-state index contributed by atoms with van der Waals surface area (Å²) in [5, 5.41) is 3.11. The molecular formula is C9H16N4O. The largest absolute Gasteiger partial charge is 0.381 e. The molecule has 0 bridgehead atoms. The van der Waals surface area contributed by atoms with Crippen molar-refractivity contribution in [1.82, 2.24) is 9.97 Å². The van der Waals surface area contributed by atoms with E-state index in [1.165, 1.54) is 0 Å². The van der Waals surface area contributed by atoms with E-state index in [2.05, 4.69) is 15.3 Å². The molecule has 78 valence electrons. The van der Waals surface area contributed by atoms with Gasteiger partial charge in [-0.2, -0.15) is 4.98 Å². The minimum absolute atomic E-state index is 0.256. The smallest absolute Gasteiger partial charge is 0.345 e. The molecule has 0 spiro atoms. The van der Waals surface area contributed by atoms with Crippen molar-refractivity contribution in [1.29, 1.82) is 0 Å². The molecule has 0 amide bonds. The number of aromatic nitrogens is 2. The van der Waals surface area contributed by atoms with E-state index in [1.54, 1.807) is 6.20 Å². The van der Waals surface area contributed by atoms with Gasteiger partial charge in [-0.05, 0) is 5.92 Å². The van der Waals surface area contributed by atoms with Crippen LogP contribution in [0.2, 0.25) is 0 Å². The minimum Gasteiger partial charge on any atom is -0.381 e. The number of hydrogen-bond acceptors (Lipinski definition) is 4. The molecule has 5 nitrogen and oxygen atoms in total. The van der Waals surface area contributed by atoms with Gasteiger partial charge in [-0.25, -0.2) is 4.79 Å². The Morgan fingerprint density at radius 3 is 2.93 bits per heavy atom. The lowest BCUT2D eigenvalue weighted by molar-refractivity contribution is 0.801. The van der Waals surface area contributed by atoms with E-state index in [9.17, 15) is 4.79 Å². The van der Waals surface area contributed by atoms with Crippen molar-refractivity contribution in [2.75, 3.05) is 18.4 Å². The number of nitrogens with two attached hydrogens (primary N) is 1. The quantitative estimate of drug-likeness (QED) is 0.645. The Balaban J connectivity index is 2.96. The van der Waals surface area contributed by atoms with E-state index < -0.39 is 0 Å². The topological polar surface area (TPSA) is 83.8 Å². The van der Waals surface area contributed by atoms with Gasteiger partial charge >= 0.3 is 5.69 Å². The summed E-state index contributed by atoms with van der Waals surface area (Å²) in [7, 11) is 0. The van der Waals surface area contributed by atoms with Gasteiger partial charge in [0.25, 0.3) is 0 Å². The van der Waals surface area contributed by atoms with Crippen LogP contribution in [-0.4, -0.2) is 23.1 Å². The summed E-state index contributed by atoms with van der Waals surface area (Å²) in [5.41, 5.74) is 6.79. The normalized spacial score (nSPS) is 10.6. The summed E-state index contributed by atoms with van der Waals surface area (Å²) in [6.07, 6.45) is 1.55. The van der Waals surface area contributed by atoms with Crippen LogP contribution in [0.3, 0.4) is 0 Å². The van der Waals surface area contributed by atoms with E-state index >= 15 is 0 Å². The van der Waals surface area contributed by atoms with Gasteiger partial charge in [-0.15, -0.1) is 0 Å². The Labute approximate surface area is 82.7 Å². The van der Waals surface area contributed by atoms with Crippen LogP contribution >= 0.6 is 0 Å². The van der Waals surface area contributed by atoms with Crippen molar-refractivity contribution in [2.24, 2.45) is 5.73 Å². The average molecular weight is 196 g/mol. The van der Waals surface area contributed by atoms with Crippen LogP contribution in [0.15, 0.2) is 11.0 Å². The molecule has 0 aromatic carbocycles. The van der Waals surface area contributed by atoms with Gasteiger partial charge in [0, 0.05) is 18.8 Å². The summed E-state index contributed by atoms with van der Waals surface area (Å²) < 4.78 is 0. The van der Waals surface area contributed by atoms with Crippen molar-refractivity contribution < 1.29 is 0 Å². The van der Waals surface area contributed by atoms with Crippen LogP contribution in [0.1, 0.15) is 25.5 Å². The fraction of sp³-hybridized carbons (Fsp3) is 0.556. The van der Waals surface area contributed by atoms with Gasteiger partial charge in [0.1, 0.15) is 0 Å². The first-order valence-corrected chi connectivity index (χ1v) is 4.68. The van der Waals surface area contributed by atoms with Crippen molar-refractivity contribution in [3.05, 3.63) is 22.4 Å². The SMILES string of the molecule is CC(C)c1[nH]c(=O)ncc1NCCN. The summed E-state index contributed by atoms with van der Waals surface area (Å²) in [6.45, 7) is 5.25. The molecule has 4 N–H and O–H groups in total. The third-order valence-corrected chi connectivity index (χ3v) is 1.88. The van der Waals surface area contributed by atoms with Gasteiger partial charge in [0.15, 0.2) is 0 Å². The van der Waals surface area contributed by atoms with Gasteiger partial charge in [0.2, 0.25) is 0 Å². The van der Waals surface area contributed by atoms with E-state index in [0.717, 1.165) is 11.4 Å². The lowest BCUT2D eigenvalue weighted by atomic mass is 10.1. The minimum atomic E-state index is -0.313. The van der Waals surface area contributed by atoms with Crippen LogP contribution in [0.5, 0.6) is 0 Å². The molecule has 1 aromatic heterocycles. The fourth-order valence-electron chi connectivity index (χ4n) is 1.21. The first-order chi connectivity index (χ1) is 6.65. The molecule has 0 saturated carbocycles. The number of rotatable bonds is 4. The maximum atomic E-state index is 11.0. The standard InChI is InChI=1S/C9H16N4O/c1-6(2)8-7(11-4-3-10)5-12-9(14)13-8/h5-6,11H,3-4,10H2,1-2H3,(H,12,13,14). The van der Waals surface area contributed by atoms with Crippen molar-refractivity contribution in [2.45, 2.75) is 19.8 Å². The highest BCUT2D eigenvalue weighted by atomic mass is 16.1. The van der Waals surface area contributed by atoms with Crippen LogP contribution in [0, 0.1) is 0 Å². The molecule has 1 heterocycles. The monoisotopic (exact) mass is 196 g/mol. The maximum Gasteiger partial charge on any atom is 0.345 e. The average Bonchev–Trinajstić information content (AvgIpc) is 2.15. The van der Waals surface area contributed by atoms with Gasteiger partial charge in [0.05, 0.1) is 11.9 Å². The van der Waals surface area contributed by atoms with Crippen molar-refractivity contribution in [3.63, 3.8) is 0 Å². The summed E-state index contributed by atoms with van der Waals surface area (Å²) in [5.74, 6) is 0.256. The molecule has 5 heteroatoms.